The molecule has 1 saturated carbocycles. The first-order valence-corrected chi connectivity index (χ1v) is 10.6. The fourth-order valence-corrected chi connectivity index (χ4v) is 3.90. The third kappa shape index (κ3) is 5.68. The fourth-order valence-electron chi connectivity index (χ4n) is 3.43. The molecule has 0 atom stereocenters. The van der Waals surface area contributed by atoms with Gasteiger partial charge in [0.1, 0.15) is 11.2 Å². The molecule has 2 rings (SSSR count). The summed E-state index contributed by atoms with van der Waals surface area (Å²) < 4.78 is 14.2. The maximum Gasteiger partial charge on any atom is 0.254 e. The van der Waals surface area contributed by atoms with Crippen LogP contribution in [-0.2, 0) is 4.79 Å². The maximum absolute atomic E-state index is 13.8. The van der Waals surface area contributed by atoms with E-state index in [1.807, 2.05) is 6.92 Å². The molecule has 0 heterocycles. The summed E-state index contributed by atoms with van der Waals surface area (Å²) in [6.45, 7) is 3.03. The smallest absolute Gasteiger partial charge is 0.254 e. The molecule has 1 aliphatic rings. The molecule has 8 heteroatoms. The number of hydrogen-bond acceptors (Lipinski definition) is 3. The lowest BCUT2D eigenvalue weighted by Crippen LogP contribution is -2.48. The zero-order chi connectivity index (χ0) is 20.7. The normalized spacial score (nSPS) is 20.8. The van der Waals surface area contributed by atoms with Crippen LogP contribution in [0.15, 0.2) is 16.6 Å². The molecule has 0 spiro atoms. The highest BCUT2D eigenvalue weighted by atomic mass is 79.9. The lowest BCUT2D eigenvalue weighted by Gasteiger charge is -2.39. The second-order valence-electron chi connectivity index (χ2n) is 7.38. The van der Waals surface area contributed by atoms with E-state index in [0.29, 0.717) is 36.3 Å². The van der Waals surface area contributed by atoms with Crippen LogP contribution in [0.1, 0.15) is 55.8 Å². The third-order valence-electron chi connectivity index (χ3n) is 4.97. The molecule has 0 saturated heterocycles. The molecule has 1 fully saturated rings. The number of carbonyl (C=O) groups is 2. The summed E-state index contributed by atoms with van der Waals surface area (Å²) in [5.41, 5.74) is -0.901. The fraction of sp³-hybridized carbons (Fsp3) is 0.550. The Labute approximate surface area is 178 Å². The monoisotopic (exact) mass is 471 g/mol. The Kier molecular flexibility index (Phi) is 8.26. The molecular weight excluding hydrogens is 449 g/mol. The van der Waals surface area contributed by atoms with Gasteiger partial charge in [-0.25, -0.2) is 4.39 Å². The van der Waals surface area contributed by atoms with E-state index < -0.39 is 17.1 Å². The minimum absolute atomic E-state index is 0.0763. The average molecular weight is 473 g/mol. The van der Waals surface area contributed by atoms with Gasteiger partial charge in [-0.2, -0.15) is 5.26 Å². The SMILES string of the molecule is CC1CC(C#N)(C(=O)NCCCCCCNC(=O)c2cc(Cl)c(Br)cc2F)C1. The summed E-state index contributed by atoms with van der Waals surface area (Å²) in [6.07, 6.45) is 4.61. The van der Waals surface area contributed by atoms with E-state index in [2.05, 4.69) is 32.6 Å². The van der Waals surface area contributed by atoms with E-state index in [9.17, 15) is 19.2 Å². The maximum atomic E-state index is 13.8. The van der Waals surface area contributed by atoms with Gasteiger partial charge in [0.15, 0.2) is 0 Å². The lowest BCUT2D eigenvalue weighted by molar-refractivity contribution is -0.133. The van der Waals surface area contributed by atoms with Crippen molar-refractivity contribution in [3.05, 3.63) is 33.0 Å². The summed E-state index contributed by atoms with van der Waals surface area (Å²) in [5.74, 6) is -0.839. The number of benzene rings is 1. The van der Waals surface area contributed by atoms with Crippen molar-refractivity contribution in [1.29, 1.82) is 5.26 Å². The van der Waals surface area contributed by atoms with Crippen LogP contribution < -0.4 is 10.6 Å². The topological polar surface area (TPSA) is 82.0 Å². The van der Waals surface area contributed by atoms with Gasteiger partial charge in [-0.05, 0) is 59.7 Å². The van der Waals surface area contributed by atoms with Gasteiger partial charge in [0.25, 0.3) is 5.91 Å². The zero-order valence-electron chi connectivity index (χ0n) is 15.8. The number of nitriles is 1. The van der Waals surface area contributed by atoms with Gasteiger partial charge >= 0.3 is 0 Å². The molecule has 0 bridgehead atoms. The number of carbonyl (C=O) groups excluding carboxylic acids is 2. The highest BCUT2D eigenvalue weighted by molar-refractivity contribution is 9.10. The van der Waals surface area contributed by atoms with E-state index in [1.165, 1.54) is 12.1 Å². The highest BCUT2D eigenvalue weighted by Crippen LogP contribution is 2.45. The zero-order valence-corrected chi connectivity index (χ0v) is 18.1. The molecule has 0 aromatic heterocycles. The first-order chi connectivity index (χ1) is 13.3. The molecule has 0 unspecified atom stereocenters. The second-order valence-corrected chi connectivity index (χ2v) is 8.64. The Morgan fingerprint density at radius 3 is 2.43 bits per heavy atom. The number of nitrogens with one attached hydrogen (secondary N) is 2. The molecule has 152 valence electrons. The third-order valence-corrected chi connectivity index (χ3v) is 6.17. The van der Waals surface area contributed by atoms with Crippen LogP contribution in [0.3, 0.4) is 0 Å². The van der Waals surface area contributed by atoms with Crippen LogP contribution >= 0.6 is 27.5 Å². The van der Waals surface area contributed by atoms with Crippen molar-refractivity contribution in [2.45, 2.75) is 45.4 Å². The van der Waals surface area contributed by atoms with Gasteiger partial charge in [0.2, 0.25) is 5.91 Å². The highest BCUT2D eigenvalue weighted by Gasteiger charge is 2.48. The lowest BCUT2D eigenvalue weighted by atomic mass is 9.63. The number of nitrogens with zero attached hydrogens (tertiary/aromatic N) is 1. The Balaban J connectivity index is 1.58. The van der Waals surface area contributed by atoms with Gasteiger partial charge in [0.05, 0.1) is 16.7 Å². The molecule has 5 nitrogen and oxygen atoms in total. The summed E-state index contributed by atoms with van der Waals surface area (Å²) in [5, 5.41) is 15.0. The predicted octanol–water partition coefficient (Wildman–Crippen LogP) is 4.59. The van der Waals surface area contributed by atoms with Crippen molar-refractivity contribution in [2.75, 3.05) is 13.1 Å². The van der Waals surface area contributed by atoms with Crippen molar-refractivity contribution in [1.82, 2.24) is 10.6 Å². The molecule has 0 aliphatic heterocycles. The quantitative estimate of drug-likeness (QED) is 0.407. The van der Waals surface area contributed by atoms with E-state index in [1.54, 1.807) is 0 Å². The van der Waals surface area contributed by atoms with Gasteiger partial charge in [-0.3, -0.25) is 9.59 Å². The number of rotatable bonds is 9. The largest absolute Gasteiger partial charge is 0.355 e. The van der Waals surface area contributed by atoms with Crippen molar-refractivity contribution < 1.29 is 14.0 Å². The van der Waals surface area contributed by atoms with Crippen LogP contribution in [0, 0.1) is 28.5 Å². The first kappa shape index (κ1) is 22.6. The van der Waals surface area contributed by atoms with Crippen LogP contribution in [0.25, 0.3) is 0 Å². The van der Waals surface area contributed by atoms with Gasteiger partial charge in [-0.1, -0.05) is 31.4 Å². The van der Waals surface area contributed by atoms with E-state index in [4.69, 9.17) is 11.6 Å². The number of unbranched alkanes of at least 4 members (excludes halogenated alkanes) is 3. The number of halogens is 3. The van der Waals surface area contributed by atoms with Crippen LogP contribution in [0.5, 0.6) is 0 Å². The molecule has 2 amide bonds. The van der Waals surface area contributed by atoms with Crippen LogP contribution in [0.4, 0.5) is 4.39 Å². The summed E-state index contributed by atoms with van der Waals surface area (Å²) in [6, 6.07) is 4.63. The molecule has 1 aromatic carbocycles. The Morgan fingerprint density at radius 2 is 1.86 bits per heavy atom. The van der Waals surface area contributed by atoms with Crippen molar-refractivity contribution in [3.63, 3.8) is 0 Å². The minimum atomic E-state index is -0.825. The van der Waals surface area contributed by atoms with Crippen LogP contribution in [0.2, 0.25) is 5.02 Å². The minimum Gasteiger partial charge on any atom is -0.355 e. The molecule has 2 N–H and O–H groups in total. The second kappa shape index (κ2) is 10.2. The number of hydrogen-bond donors (Lipinski definition) is 2. The van der Waals surface area contributed by atoms with Crippen molar-refractivity contribution in [2.24, 2.45) is 11.3 Å². The van der Waals surface area contributed by atoms with Gasteiger partial charge in [0, 0.05) is 17.6 Å². The van der Waals surface area contributed by atoms with Gasteiger partial charge in [-0.15, -0.1) is 0 Å². The Hall–Kier alpha value is -1.65. The van der Waals surface area contributed by atoms with Crippen molar-refractivity contribution >= 4 is 39.3 Å². The number of amides is 2. The molecule has 28 heavy (non-hydrogen) atoms. The van der Waals surface area contributed by atoms with E-state index in [-0.39, 0.29) is 16.5 Å². The Morgan fingerprint density at radius 1 is 1.25 bits per heavy atom. The summed E-state index contributed by atoms with van der Waals surface area (Å²) >= 11 is 9.01. The molecule has 0 radical (unpaired) electrons. The molecular formula is C20H24BrClFN3O2. The standard InChI is InChI=1S/C20H24BrClFN3O2/c1-13-10-20(11-13,12-24)19(28)26-7-5-3-2-4-6-25-18(27)14-8-16(22)15(21)9-17(14)23/h8-9,13H,2-7,10-11H2,1H3,(H,25,27)(H,26,28). The van der Waals surface area contributed by atoms with Crippen LogP contribution in [-0.4, -0.2) is 24.9 Å². The first-order valence-electron chi connectivity index (χ1n) is 9.41. The average Bonchev–Trinajstić information content (AvgIpc) is 2.63. The van der Waals surface area contributed by atoms with E-state index >= 15 is 0 Å². The predicted molar refractivity (Wildman–Crippen MR) is 109 cm³/mol. The Bertz CT molecular complexity index is 775. The van der Waals surface area contributed by atoms with Crippen molar-refractivity contribution in [3.8, 4) is 6.07 Å². The van der Waals surface area contributed by atoms with E-state index in [0.717, 1.165) is 25.7 Å². The molecule has 1 aliphatic carbocycles. The summed E-state index contributed by atoms with van der Waals surface area (Å²) in [7, 11) is 0. The van der Waals surface area contributed by atoms with Gasteiger partial charge < -0.3 is 10.6 Å². The molecule has 1 aromatic rings. The summed E-state index contributed by atoms with van der Waals surface area (Å²) in [4.78, 5) is 24.1.